The molecule has 22 heavy (non-hydrogen) atoms. The molecule has 1 aromatic carbocycles. The molecule has 0 aliphatic carbocycles. The highest BCUT2D eigenvalue weighted by molar-refractivity contribution is 7.90. The van der Waals surface area contributed by atoms with Gasteiger partial charge in [0.25, 0.3) is 15.9 Å². The van der Waals surface area contributed by atoms with Gasteiger partial charge in [-0.3, -0.25) is 4.79 Å². The van der Waals surface area contributed by atoms with Crippen molar-refractivity contribution in [1.29, 1.82) is 0 Å². The lowest BCUT2D eigenvalue weighted by molar-refractivity contribution is -0.137. The molecule has 0 saturated carbocycles. The molecule has 0 aliphatic rings. The van der Waals surface area contributed by atoms with Crippen molar-refractivity contribution in [1.82, 2.24) is 4.72 Å². The van der Waals surface area contributed by atoms with Crippen LogP contribution in [0.3, 0.4) is 0 Å². The minimum atomic E-state index is -4.58. The summed E-state index contributed by atoms with van der Waals surface area (Å²) in [6.07, 6.45) is -4.58. The zero-order valence-corrected chi connectivity index (χ0v) is 12.8. The van der Waals surface area contributed by atoms with Gasteiger partial charge in [-0.15, -0.1) is 11.3 Å². The highest BCUT2D eigenvalue weighted by Crippen LogP contribution is 2.32. The fourth-order valence-corrected chi connectivity index (χ4v) is 3.56. The molecule has 4 nitrogen and oxygen atoms in total. The van der Waals surface area contributed by atoms with Gasteiger partial charge in [-0.1, -0.05) is 12.1 Å². The first kappa shape index (κ1) is 16.5. The SMILES string of the molecule is Cc1cccc(S(=O)(=O)NC(=O)c2cc(C(F)(F)F)cs2)c1. The maximum absolute atomic E-state index is 12.5. The van der Waals surface area contributed by atoms with E-state index in [1.165, 1.54) is 18.2 Å². The summed E-state index contributed by atoms with van der Waals surface area (Å²) in [5.74, 6) is -1.10. The van der Waals surface area contributed by atoms with Gasteiger partial charge in [0.05, 0.1) is 15.3 Å². The third kappa shape index (κ3) is 3.66. The molecule has 118 valence electrons. The molecule has 0 saturated heterocycles. The van der Waals surface area contributed by atoms with Crippen LogP contribution in [0.15, 0.2) is 40.6 Å². The number of alkyl halides is 3. The number of benzene rings is 1. The molecule has 0 radical (unpaired) electrons. The van der Waals surface area contributed by atoms with Crippen LogP contribution in [0.1, 0.15) is 20.8 Å². The van der Waals surface area contributed by atoms with Crippen LogP contribution in [0.4, 0.5) is 13.2 Å². The third-order valence-electron chi connectivity index (χ3n) is 2.68. The average molecular weight is 349 g/mol. The fourth-order valence-electron chi connectivity index (χ4n) is 1.62. The molecule has 0 atom stereocenters. The summed E-state index contributed by atoms with van der Waals surface area (Å²) in [5, 5.41) is 0.758. The van der Waals surface area contributed by atoms with Crippen LogP contribution >= 0.6 is 11.3 Å². The van der Waals surface area contributed by atoms with E-state index >= 15 is 0 Å². The molecule has 2 aromatic rings. The number of hydrogen-bond acceptors (Lipinski definition) is 4. The van der Waals surface area contributed by atoms with Gasteiger partial charge in [-0.2, -0.15) is 13.2 Å². The Kier molecular flexibility index (Phi) is 4.30. The maximum Gasteiger partial charge on any atom is 0.417 e. The predicted molar refractivity (Wildman–Crippen MR) is 75.2 cm³/mol. The van der Waals surface area contributed by atoms with E-state index in [0.29, 0.717) is 23.0 Å². The number of thiophene rings is 1. The molecule has 2 rings (SSSR count). The maximum atomic E-state index is 12.5. The minimum absolute atomic E-state index is 0.131. The Hall–Kier alpha value is -1.87. The molecule has 0 fully saturated rings. The zero-order valence-electron chi connectivity index (χ0n) is 11.1. The standard InChI is InChI=1S/C13H10F3NO3S2/c1-8-3-2-4-10(5-8)22(19,20)17-12(18)11-6-9(7-21-11)13(14,15)16/h2-7H,1H3,(H,17,18). The first-order chi connectivity index (χ1) is 10.1. The number of halogens is 3. The van der Waals surface area contributed by atoms with Crippen molar-refractivity contribution in [2.45, 2.75) is 18.0 Å². The van der Waals surface area contributed by atoms with Crippen molar-refractivity contribution in [2.24, 2.45) is 0 Å². The van der Waals surface area contributed by atoms with Crippen LogP contribution < -0.4 is 4.72 Å². The summed E-state index contributed by atoms with van der Waals surface area (Å²) in [6.45, 7) is 1.68. The van der Waals surface area contributed by atoms with Crippen molar-refractivity contribution in [2.75, 3.05) is 0 Å². The second-order valence-corrected chi connectivity index (χ2v) is 7.04. The van der Waals surface area contributed by atoms with Gasteiger partial charge in [0.1, 0.15) is 0 Å². The summed E-state index contributed by atoms with van der Waals surface area (Å²) >= 11 is 0.527. The molecule has 1 N–H and O–H groups in total. The summed E-state index contributed by atoms with van der Waals surface area (Å²) in [7, 11) is -4.13. The van der Waals surface area contributed by atoms with E-state index in [-0.39, 0.29) is 9.77 Å². The number of hydrogen-bond donors (Lipinski definition) is 1. The molecule has 1 heterocycles. The van der Waals surface area contributed by atoms with Crippen molar-refractivity contribution in [3.05, 3.63) is 51.7 Å². The van der Waals surface area contributed by atoms with Crippen LogP contribution in [0.2, 0.25) is 0 Å². The van der Waals surface area contributed by atoms with Gasteiger partial charge >= 0.3 is 6.18 Å². The van der Waals surface area contributed by atoms with Gasteiger partial charge in [-0.25, -0.2) is 13.1 Å². The van der Waals surface area contributed by atoms with E-state index in [1.807, 2.05) is 0 Å². The van der Waals surface area contributed by atoms with Crippen LogP contribution in [0, 0.1) is 6.92 Å². The Morgan fingerprint density at radius 1 is 1.23 bits per heavy atom. The Bertz CT molecular complexity index is 810. The van der Waals surface area contributed by atoms with Gasteiger partial charge in [0, 0.05) is 5.38 Å². The Morgan fingerprint density at radius 3 is 2.45 bits per heavy atom. The summed E-state index contributed by atoms with van der Waals surface area (Å²) in [4.78, 5) is 11.4. The summed E-state index contributed by atoms with van der Waals surface area (Å²) in [5.41, 5.74) is -0.318. The number of carbonyl (C=O) groups is 1. The van der Waals surface area contributed by atoms with Crippen LogP contribution in [-0.2, 0) is 16.2 Å². The highest BCUT2D eigenvalue weighted by Gasteiger charge is 2.32. The van der Waals surface area contributed by atoms with E-state index in [0.717, 1.165) is 5.38 Å². The monoisotopic (exact) mass is 349 g/mol. The molecule has 1 aromatic heterocycles. The van der Waals surface area contributed by atoms with E-state index in [2.05, 4.69) is 0 Å². The van der Waals surface area contributed by atoms with Crippen LogP contribution in [0.5, 0.6) is 0 Å². The lowest BCUT2D eigenvalue weighted by Crippen LogP contribution is -2.30. The lowest BCUT2D eigenvalue weighted by Gasteiger charge is -2.06. The third-order valence-corrected chi connectivity index (χ3v) is 4.94. The van der Waals surface area contributed by atoms with Gasteiger partial charge in [0.15, 0.2) is 0 Å². The van der Waals surface area contributed by atoms with Gasteiger partial charge < -0.3 is 0 Å². The lowest BCUT2D eigenvalue weighted by atomic mass is 10.2. The predicted octanol–water partition coefficient (Wildman–Crippen LogP) is 3.19. The Morgan fingerprint density at radius 2 is 1.91 bits per heavy atom. The van der Waals surface area contributed by atoms with Crippen LogP contribution in [0.25, 0.3) is 0 Å². The number of aryl methyl sites for hydroxylation is 1. The quantitative estimate of drug-likeness (QED) is 0.926. The van der Waals surface area contributed by atoms with Crippen LogP contribution in [-0.4, -0.2) is 14.3 Å². The minimum Gasteiger partial charge on any atom is -0.267 e. The van der Waals surface area contributed by atoms with Gasteiger partial charge in [-0.05, 0) is 30.7 Å². The van der Waals surface area contributed by atoms with E-state index in [4.69, 9.17) is 0 Å². The van der Waals surface area contributed by atoms with Gasteiger partial charge in [0.2, 0.25) is 0 Å². The summed E-state index contributed by atoms with van der Waals surface area (Å²) in [6, 6.07) is 6.44. The molecule has 0 spiro atoms. The molecular weight excluding hydrogens is 339 g/mol. The van der Waals surface area contributed by atoms with Crippen molar-refractivity contribution in [3.8, 4) is 0 Å². The second-order valence-electron chi connectivity index (χ2n) is 4.45. The van der Waals surface area contributed by atoms with E-state index in [9.17, 15) is 26.4 Å². The molecule has 0 unspecified atom stereocenters. The van der Waals surface area contributed by atoms with E-state index in [1.54, 1.807) is 17.7 Å². The molecule has 9 heteroatoms. The molecule has 0 bridgehead atoms. The topological polar surface area (TPSA) is 63.2 Å². The molecular formula is C13H10F3NO3S2. The number of carbonyl (C=O) groups excluding carboxylic acids is 1. The number of sulfonamides is 1. The first-order valence-electron chi connectivity index (χ1n) is 5.89. The zero-order chi connectivity index (χ0) is 16.5. The Balaban J connectivity index is 2.23. The number of amides is 1. The molecule has 0 aliphatic heterocycles. The van der Waals surface area contributed by atoms with E-state index < -0.39 is 27.7 Å². The van der Waals surface area contributed by atoms with Crippen molar-refractivity contribution in [3.63, 3.8) is 0 Å². The number of rotatable bonds is 3. The first-order valence-corrected chi connectivity index (χ1v) is 8.25. The largest absolute Gasteiger partial charge is 0.417 e. The fraction of sp³-hybridized carbons (Fsp3) is 0.154. The van der Waals surface area contributed by atoms with Crippen molar-refractivity contribution >= 4 is 27.3 Å². The Labute approximate surface area is 128 Å². The summed E-state index contributed by atoms with van der Waals surface area (Å²) < 4.78 is 63.2. The second kappa shape index (κ2) is 5.73. The average Bonchev–Trinajstić information content (AvgIpc) is 2.87. The molecule has 1 amide bonds. The normalized spacial score (nSPS) is 12.2. The number of nitrogens with one attached hydrogen (secondary N) is 1. The van der Waals surface area contributed by atoms with Crippen molar-refractivity contribution < 1.29 is 26.4 Å². The smallest absolute Gasteiger partial charge is 0.267 e. The highest BCUT2D eigenvalue weighted by atomic mass is 32.2.